The maximum Gasteiger partial charge on any atom is 0.309 e. The van der Waals surface area contributed by atoms with Crippen LogP contribution >= 0.6 is 0 Å². The summed E-state index contributed by atoms with van der Waals surface area (Å²) < 4.78 is 5.72. The highest BCUT2D eigenvalue weighted by Crippen LogP contribution is 2.30. The van der Waals surface area contributed by atoms with E-state index in [1.807, 2.05) is 0 Å². The van der Waals surface area contributed by atoms with Gasteiger partial charge >= 0.3 is 5.97 Å². The molecule has 0 radical (unpaired) electrons. The van der Waals surface area contributed by atoms with Crippen LogP contribution in [0, 0.1) is 11.8 Å². The van der Waals surface area contributed by atoms with E-state index >= 15 is 0 Å². The van der Waals surface area contributed by atoms with Crippen molar-refractivity contribution >= 4 is 5.97 Å². The summed E-state index contributed by atoms with van der Waals surface area (Å²) in [5, 5.41) is 0. The first-order valence-corrected chi connectivity index (χ1v) is 7.65. The lowest BCUT2D eigenvalue weighted by atomic mass is 9.84. The minimum absolute atomic E-state index is 0.0203. The van der Waals surface area contributed by atoms with Crippen LogP contribution in [0.5, 0.6) is 0 Å². The Hall–Kier alpha value is -0.570. The zero-order valence-electron chi connectivity index (χ0n) is 11.6. The molecule has 2 saturated carbocycles. The Bertz CT molecular complexity index is 280. The van der Waals surface area contributed by atoms with Crippen LogP contribution in [0.4, 0.5) is 0 Å². The van der Waals surface area contributed by atoms with Gasteiger partial charge in [-0.15, -0.1) is 0 Å². The third-order valence-corrected chi connectivity index (χ3v) is 4.64. The van der Waals surface area contributed by atoms with E-state index in [9.17, 15) is 4.79 Å². The van der Waals surface area contributed by atoms with Gasteiger partial charge in [-0.1, -0.05) is 26.2 Å². The Morgan fingerprint density at radius 3 is 2.67 bits per heavy atom. The zero-order valence-corrected chi connectivity index (χ0v) is 11.6. The van der Waals surface area contributed by atoms with Crippen LogP contribution in [0.25, 0.3) is 0 Å². The van der Waals surface area contributed by atoms with Gasteiger partial charge in [0.25, 0.3) is 0 Å². The molecule has 0 aromatic heterocycles. The molecule has 0 bridgehead atoms. The lowest BCUT2D eigenvalue weighted by molar-refractivity contribution is -0.157. The van der Waals surface area contributed by atoms with Gasteiger partial charge in [0.2, 0.25) is 0 Å². The van der Waals surface area contributed by atoms with Crippen molar-refractivity contribution in [3.05, 3.63) is 0 Å². The second-order valence-electron chi connectivity index (χ2n) is 6.12. The van der Waals surface area contributed by atoms with E-state index in [-0.39, 0.29) is 24.0 Å². The maximum atomic E-state index is 12.1. The standard InChI is InChI=1S/C15H27NO2/c1-2-11-5-3-8-14(9-11)18-15(17)12-6-4-7-13(16)10-12/h11-14H,2-10,16H2,1H3. The highest BCUT2D eigenvalue weighted by molar-refractivity contribution is 5.72. The van der Waals surface area contributed by atoms with Crippen molar-refractivity contribution in [3.8, 4) is 0 Å². The van der Waals surface area contributed by atoms with Crippen molar-refractivity contribution in [2.45, 2.75) is 76.9 Å². The predicted molar refractivity (Wildman–Crippen MR) is 72.1 cm³/mol. The second kappa shape index (κ2) is 6.55. The lowest BCUT2D eigenvalue weighted by Gasteiger charge is -2.31. The van der Waals surface area contributed by atoms with Crippen molar-refractivity contribution in [2.75, 3.05) is 0 Å². The number of hydrogen-bond acceptors (Lipinski definition) is 3. The highest BCUT2D eigenvalue weighted by atomic mass is 16.5. The molecule has 18 heavy (non-hydrogen) atoms. The quantitative estimate of drug-likeness (QED) is 0.787. The number of ether oxygens (including phenoxy) is 1. The van der Waals surface area contributed by atoms with Crippen LogP contribution in [-0.4, -0.2) is 18.1 Å². The molecule has 2 aliphatic rings. The summed E-state index contributed by atoms with van der Waals surface area (Å²) in [7, 11) is 0. The Morgan fingerprint density at radius 2 is 1.94 bits per heavy atom. The summed E-state index contributed by atoms with van der Waals surface area (Å²) in [6.45, 7) is 2.23. The molecule has 2 aliphatic carbocycles. The highest BCUT2D eigenvalue weighted by Gasteiger charge is 2.30. The van der Waals surface area contributed by atoms with Gasteiger partial charge in [0.05, 0.1) is 5.92 Å². The second-order valence-corrected chi connectivity index (χ2v) is 6.12. The predicted octanol–water partition coefficient (Wildman–Crippen LogP) is 3.02. The van der Waals surface area contributed by atoms with Gasteiger partial charge in [0.1, 0.15) is 6.10 Å². The summed E-state index contributed by atoms with van der Waals surface area (Å²) in [6.07, 6.45) is 9.95. The molecule has 3 nitrogen and oxygen atoms in total. The van der Waals surface area contributed by atoms with Crippen LogP contribution in [-0.2, 0) is 9.53 Å². The Kier molecular flexibility index (Phi) is 5.04. The molecule has 2 N–H and O–H groups in total. The average molecular weight is 253 g/mol. The first-order valence-electron chi connectivity index (χ1n) is 7.65. The Balaban J connectivity index is 1.79. The van der Waals surface area contributed by atoms with Crippen molar-refractivity contribution < 1.29 is 9.53 Å². The summed E-state index contributed by atoms with van der Waals surface area (Å²) in [4.78, 5) is 12.1. The average Bonchev–Trinajstić information content (AvgIpc) is 2.39. The molecule has 0 amide bonds. The molecular weight excluding hydrogens is 226 g/mol. The molecule has 2 rings (SSSR count). The lowest BCUT2D eigenvalue weighted by Crippen LogP contribution is -2.35. The number of rotatable bonds is 3. The number of esters is 1. The fraction of sp³-hybridized carbons (Fsp3) is 0.933. The minimum atomic E-state index is 0.0203. The SMILES string of the molecule is CCC1CCCC(OC(=O)C2CCCC(N)C2)C1. The van der Waals surface area contributed by atoms with Gasteiger partial charge in [-0.25, -0.2) is 0 Å². The molecule has 0 heterocycles. The third kappa shape index (κ3) is 3.71. The molecule has 0 aromatic rings. The molecule has 4 atom stereocenters. The van der Waals surface area contributed by atoms with Gasteiger partial charge in [-0.2, -0.15) is 0 Å². The summed E-state index contributed by atoms with van der Waals surface area (Å²) in [5.74, 6) is 0.841. The Morgan fingerprint density at radius 1 is 1.17 bits per heavy atom. The number of nitrogens with two attached hydrogens (primary N) is 1. The van der Waals surface area contributed by atoms with E-state index in [0.717, 1.165) is 44.4 Å². The fourth-order valence-corrected chi connectivity index (χ4v) is 3.42. The molecule has 0 aromatic carbocycles. The first-order chi connectivity index (χ1) is 8.69. The number of hydrogen-bond donors (Lipinski definition) is 1. The zero-order chi connectivity index (χ0) is 13.0. The monoisotopic (exact) mass is 253 g/mol. The number of carbonyl (C=O) groups excluding carboxylic acids is 1. The van der Waals surface area contributed by atoms with E-state index in [1.165, 1.54) is 19.3 Å². The van der Waals surface area contributed by atoms with Crippen LogP contribution in [0.3, 0.4) is 0 Å². The third-order valence-electron chi connectivity index (χ3n) is 4.64. The van der Waals surface area contributed by atoms with E-state index in [4.69, 9.17) is 10.5 Å². The van der Waals surface area contributed by atoms with E-state index in [0.29, 0.717) is 0 Å². The first kappa shape index (κ1) is 13.9. The summed E-state index contributed by atoms with van der Waals surface area (Å²) >= 11 is 0. The topological polar surface area (TPSA) is 52.3 Å². The van der Waals surface area contributed by atoms with E-state index < -0.39 is 0 Å². The molecule has 2 fully saturated rings. The minimum Gasteiger partial charge on any atom is -0.462 e. The van der Waals surface area contributed by atoms with Gasteiger partial charge in [-0.3, -0.25) is 4.79 Å². The normalized spacial score (nSPS) is 37.2. The smallest absolute Gasteiger partial charge is 0.309 e. The number of carbonyl (C=O) groups is 1. The van der Waals surface area contributed by atoms with Gasteiger partial charge in [0.15, 0.2) is 0 Å². The maximum absolute atomic E-state index is 12.1. The van der Waals surface area contributed by atoms with Crippen LogP contribution in [0.2, 0.25) is 0 Å². The van der Waals surface area contributed by atoms with Crippen molar-refractivity contribution in [1.29, 1.82) is 0 Å². The molecule has 0 spiro atoms. The Labute approximate surface area is 110 Å². The summed E-state index contributed by atoms with van der Waals surface area (Å²) in [5.41, 5.74) is 5.93. The van der Waals surface area contributed by atoms with E-state index in [1.54, 1.807) is 0 Å². The fourth-order valence-electron chi connectivity index (χ4n) is 3.42. The van der Waals surface area contributed by atoms with Crippen LogP contribution in [0.15, 0.2) is 0 Å². The van der Waals surface area contributed by atoms with Gasteiger partial charge in [-0.05, 0) is 44.4 Å². The van der Waals surface area contributed by atoms with Crippen molar-refractivity contribution in [1.82, 2.24) is 0 Å². The summed E-state index contributed by atoms with van der Waals surface area (Å²) in [6, 6.07) is 0.200. The molecular formula is C15H27NO2. The van der Waals surface area contributed by atoms with Crippen molar-refractivity contribution in [2.24, 2.45) is 17.6 Å². The van der Waals surface area contributed by atoms with Crippen molar-refractivity contribution in [3.63, 3.8) is 0 Å². The van der Waals surface area contributed by atoms with Gasteiger partial charge in [0, 0.05) is 6.04 Å². The van der Waals surface area contributed by atoms with Crippen LogP contribution in [0.1, 0.15) is 64.7 Å². The largest absolute Gasteiger partial charge is 0.462 e. The van der Waals surface area contributed by atoms with Crippen LogP contribution < -0.4 is 5.73 Å². The molecule has 0 aliphatic heterocycles. The molecule has 104 valence electrons. The molecule has 3 heteroatoms. The molecule has 0 saturated heterocycles. The molecule has 4 unspecified atom stereocenters. The van der Waals surface area contributed by atoms with Gasteiger partial charge < -0.3 is 10.5 Å². The van der Waals surface area contributed by atoms with E-state index in [2.05, 4.69) is 6.92 Å².